The fraction of sp³-hybridized carbons (Fsp3) is 1.00. The highest BCUT2D eigenvalue weighted by atomic mass is 32.2. The van der Waals surface area contributed by atoms with E-state index in [9.17, 15) is 0 Å². The van der Waals surface area contributed by atoms with Crippen molar-refractivity contribution in [3.05, 3.63) is 0 Å². The monoisotopic (exact) mass is 215 g/mol. The lowest BCUT2D eigenvalue weighted by atomic mass is 9.96. The molecule has 2 unspecified atom stereocenters. The van der Waals surface area contributed by atoms with E-state index in [0.717, 1.165) is 12.0 Å². The Morgan fingerprint density at radius 2 is 1.93 bits per heavy atom. The molecule has 1 aliphatic heterocycles. The zero-order valence-corrected chi connectivity index (χ0v) is 10.5. The molecule has 1 heterocycles. The van der Waals surface area contributed by atoms with Gasteiger partial charge >= 0.3 is 0 Å². The summed E-state index contributed by atoms with van der Waals surface area (Å²) >= 11 is 2.12. The minimum atomic E-state index is 0.797. The summed E-state index contributed by atoms with van der Waals surface area (Å²) in [4.78, 5) is 0. The minimum absolute atomic E-state index is 0.797. The number of hydrogen-bond acceptors (Lipinski definition) is 2. The van der Waals surface area contributed by atoms with E-state index in [-0.39, 0.29) is 0 Å². The maximum Gasteiger partial charge on any atom is 0.0191 e. The van der Waals surface area contributed by atoms with E-state index in [0.29, 0.717) is 0 Å². The number of nitrogens with one attached hydrogen (secondary N) is 1. The summed E-state index contributed by atoms with van der Waals surface area (Å²) < 4.78 is 0. The van der Waals surface area contributed by atoms with Crippen LogP contribution in [0.4, 0.5) is 0 Å². The smallest absolute Gasteiger partial charge is 0.0191 e. The second-order valence-corrected chi connectivity index (χ2v) is 5.47. The van der Waals surface area contributed by atoms with Crippen LogP contribution < -0.4 is 5.32 Å². The average molecular weight is 215 g/mol. The molecule has 14 heavy (non-hydrogen) atoms. The van der Waals surface area contributed by atoms with Crippen LogP contribution in [0.1, 0.15) is 45.4 Å². The first kappa shape index (κ1) is 12.4. The molecule has 0 radical (unpaired) electrons. The maximum absolute atomic E-state index is 3.45. The molecular formula is C12H25NS. The Kier molecular flexibility index (Phi) is 6.70. The Morgan fingerprint density at radius 3 is 2.64 bits per heavy atom. The minimum Gasteiger partial charge on any atom is -0.316 e. The molecule has 0 saturated carbocycles. The Morgan fingerprint density at radius 1 is 1.14 bits per heavy atom. The first-order chi connectivity index (χ1) is 6.88. The van der Waals surface area contributed by atoms with Crippen LogP contribution in [0.5, 0.6) is 0 Å². The molecule has 84 valence electrons. The summed E-state index contributed by atoms with van der Waals surface area (Å²) in [6.07, 6.45) is 8.57. The Bertz CT molecular complexity index is 138. The van der Waals surface area contributed by atoms with E-state index in [1.54, 1.807) is 0 Å². The van der Waals surface area contributed by atoms with Crippen molar-refractivity contribution in [1.82, 2.24) is 5.32 Å². The molecule has 1 fully saturated rings. The van der Waals surface area contributed by atoms with Crippen molar-refractivity contribution in [2.75, 3.05) is 18.6 Å². The van der Waals surface area contributed by atoms with Gasteiger partial charge in [-0.3, -0.25) is 0 Å². The number of hydrogen-bond donors (Lipinski definition) is 1. The van der Waals surface area contributed by atoms with Crippen molar-refractivity contribution < 1.29 is 0 Å². The average Bonchev–Trinajstić information content (AvgIpc) is 2.65. The third kappa shape index (κ3) is 4.22. The van der Waals surface area contributed by atoms with E-state index in [4.69, 9.17) is 0 Å². The third-order valence-electron chi connectivity index (χ3n) is 3.25. The van der Waals surface area contributed by atoms with Crippen LogP contribution in [0.3, 0.4) is 0 Å². The number of unbranched alkanes of at least 4 members (excludes halogenated alkanes) is 4. The van der Waals surface area contributed by atoms with Crippen LogP contribution in [0.25, 0.3) is 0 Å². The van der Waals surface area contributed by atoms with E-state index in [2.05, 4.69) is 31.1 Å². The molecule has 1 nitrogen and oxygen atoms in total. The molecule has 0 aromatic carbocycles. The molecule has 0 bridgehead atoms. The fourth-order valence-corrected chi connectivity index (χ4v) is 3.74. The molecule has 1 aliphatic rings. The first-order valence-corrected chi connectivity index (χ1v) is 7.29. The van der Waals surface area contributed by atoms with Gasteiger partial charge in [-0.05, 0) is 25.1 Å². The van der Waals surface area contributed by atoms with Gasteiger partial charge in [0.2, 0.25) is 0 Å². The van der Waals surface area contributed by atoms with Gasteiger partial charge in [0.05, 0.1) is 0 Å². The molecule has 1 N–H and O–H groups in total. The summed E-state index contributed by atoms with van der Waals surface area (Å²) in [5.41, 5.74) is 0. The fourth-order valence-electron chi connectivity index (χ4n) is 2.21. The quantitative estimate of drug-likeness (QED) is 0.654. The Labute approximate surface area is 93.4 Å². The zero-order chi connectivity index (χ0) is 10.2. The van der Waals surface area contributed by atoms with Crippen molar-refractivity contribution in [2.45, 2.75) is 51.5 Å². The van der Waals surface area contributed by atoms with Crippen LogP contribution in [0, 0.1) is 5.92 Å². The molecule has 0 spiro atoms. The van der Waals surface area contributed by atoms with Crippen LogP contribution >= 0.6 is 11.8 Å². The highest BCUT2D eigenvalue weighted by molar-refractivity contribution is 7.99. The van der Waals surface area contributed by atoms with Gasteiger partial charge in [0.1, 0.15) is 0 Å². The molecule has 0 amide bonds. The van der Waals surface area contributed by atoms with Gasteiger partial charge in [-0.25, -0.2) is 0 Å². The van der Waals surface area contributed by atoms with Crippen molar-refractivity contribution in [2.24, 2.45) is 5.92 Å². The Hall–Kier alpha value is 0.310. The summed E-state index contributed by atoms with van der Waals surface area (Å²) in [5.74, 6) is 3.67. The molecule has 0 aromatic heterocycles. The summed E-state index contributed by atoms with van der Waals surface area (Å²) in [6.45, 7) is 2.28. The Balaban J connectivity index is 2.00. The highest BCUT2D eigenvalue weighted by Gasteiger charge is 2.25. The van der Waals surface area contributed by atoms with Crippen molar-refractivity contribution in [3.8, 4) is 0 Å². The van der Waals surface area contributed by atoms with Crippen LogP contribution in [0.15, 0.2) is 0 Å². The van der Waals surface area contributed by atoms with E-state index in [1.165, 1.54) is 50.0 Å². The van der Waals surface area contributed by atoms with Gasteiger partial charge in [0.25, 0.3) is 0 Å². The van der Waals surface area contributed by atoms with E-state index < -0.39 is 0 Å². The summed E-state index contributed by atoms with van der Waals surface area (Å²) in [7, 11) is 2.11. The zero-order valence-electron chi connectivity index (χ0n) is 9.72. The second-order valence-electron chi connectivity index (χ2n) is 4.40. The molecule has 2 heteroatoms. The molecule has 0 aromatic rings. The van der Waals surface area contributed by atoms with E-state index in [1.807, 2.05) is 0 Å². The summed E-state index contributed by atoms with van der Waals surface area (Å²) in [5, 5.41) is 3.45. The molecule has 1 saturated heterocycles. The van der Waals surface area contributed by atoms with Crippen molar-refractivity contribution >= 4 is 11.8 Å². The predicted octanol–water partition coefficient (Wildman–Crippen LogP) is 3.30. The standard InChI is InChI=1S/C12H25NS/c1-3-4-5-6-7-8-11-9-14-10-12(11)13-2/h11-13H,3-10H2,1-2H3. The normalized spacial score (nSPS) is 27.0. The van der Waals surface area contributed by atoms with Gasteiger partial charge in [0.15, 0.2) is 0 Å². The molecule has 2 atom stereocenters. The lowest BCUT2D eigenvalue weighted by molar-refractivity contribution is 0.408. The third-order valence-corrected chi connectivity index (χ3v) is 4.51. The molecule has 0 aliphatic carbocycles. The van der Waals surface area contributed by atoms with Gasteiger partial charge in [0, 0.05) is 11.8 Å². The SMILES string of the molecule is CCCCCCCC1CSCC1NC. The van der Waals surface area contributed by atoms with Crippen molar-refractivity contribution in [3.63, 3.8) is 0 Å². The number of rotatable bonds is 7. The predicted molar refractivity (Wildman–Crippen MR) is 67.0 cm³/mol. The first-order valence-electron chi connectivity index (χ1n) is 6.13. The van der Waals surface area contributed by atoms with Crippen molar-refractivity contribution in [1.29, 1.82) is 0 Å². The summed E-state index contributed by atoms with van der Waals surface area (Å²) in [6, 6.07) is 0.797. The molecule has 1 rings (SSSR count). The lowest BCUT2D eigenvalue weighted by Gasteiger charge is -2.17. The van der Waals surface area contributed by atoms with E-state index >= 15 is 0 Å². The molecular weight excluding hydrogens is 190 g/mol. The largest absolute Gasteiger partial charge is 0.316 e. The maximum atomic E-state index is 3.45. The van der Waals surface area contributed by atoms with Crippen LogP contribution in [-0.2, 0) is 0 Å². The van der Waals surface area contributed by atoms with Gasteiger partial charge in [-0.15, -0.1) is 0 Å². The topological polar surface area (TPSA) is 12.0 Å². The second kappa shape index (κ2) is 7.58. The lowest BCUT2D eigenvalue weighted by Crippen LogP contribution is -2.32. The van der Waals surface area contributed by atoms with Gasteiger partial charge in [-0.1, -0.05) is 39.0 Å². The van der Waals surface area contributed by atoms with Gasteiger partial charge < -0.3 is 5.32 Å². The van der Waals surface area contributed by atoms with Crippen LogP contribution in [-0.4, -0.2) is 24.6 Å². The highest BCUT2D eigenvalue weighted by Crippen LogP contribution is 2.28. The van der Waals surface area contributed by atoms with Crippen LogP contribution in [0.2, 0.25) is 0 Å². The number of thioether (sulfide) groups is 1. The van der Waals surface area contributed by atoms with Gasteiger partial charge in [-0.2, -0.15) is 11.8 Å².